The van der Waals surface area contributed by atoms with Crippen molar-refractivity contribution in [2.45, 2.75) is 0 Å². The number of nitrogens with one attached hydrogen (secondary N) is 2. The fraction of sp³-hybridized carbons (Fsp3) is 0. The van der Waals surface area contributed by atoms with Crippen molar-refractivity contribution in [3.8, 4) is 11.6 Å². The number of carbonyl (C=O) groups excluding carboxylic acids is 1. The minimum Gasteiger partial charge on any atom is -0.434 e. The van der Waals surface area contributed by atoms with Crippen molar-refractivity contribution in [1.82, 2.24) is 15.4 Å². The Labute approximate surface area is 158 Å². The molecule has 0 unspecified atom stereocenters. The maximum atomic E-state index is 12.1. The van der Waals surface area contributed by atoms with Crippen molar-refractivity contribution in [3.63, 3.8) is 0 Å². The van der Waals surface area contributed by atoms with E-state index < -0.39 is 16.5 Å². The number of benzene rings is 2. The van der Waals surface area contributed by atoms with Gasteiger partial charge in [-0.05, 0) is 36.4 Å². The lowest BCUT2D eigenvalue weighted by Crippen LogP contribution is -2.30. The van der Waals surface area contributed by atoms with Crippen molar-refractivity contribution < 1.29 is 14.5 Å². The van der Waals surface area contributed by atoms with Crippen LogP contribution in [0.5, 0.6) is 11.6 Å². The molecule has 0 aliphatic carbocycles. The molecule has 0 saturated heterocycles. The third kappa shape index (κ3) is 4.47. The molecule has 0 aliphatic rings. The van der Waals surface area contributed by atoms with Gasteiger partial charge in [0.15, 0.2) is 0 Å². The van der Waals surface area contributed by atoms with E-state index in [-0.39, 0.29) is 11.7 Å². The number of halogens is 1. The summed E-state index contributed by atoms with van der Waals surface area (Å²) in [5, 5.41) is 11.9. The van der Waals surface area contributed by atoms with E-state index in [1.807, 2.05) is 0 Å². The topological polar surface area (TPSA) is 119 Å². The average molecular weight is 386 g/mol. The van der Waals surface area contributed by atoms with Crippen LogP contribution < -0.4 is 15.6 Å². The quantitative estimate of drug-likeness (QED) is 0.491. The number of carbonyl (C=O) groups is 1. The SMILES string of the molecule is O=C(NNc1ncnc(Oc2ccccc2)c1[N+](=O)[O-])c1ccc(Cl)cc1. The van der Waals surface area contributed by atoms with Crippen LogP contribution in [0.4, 0.5) is 11.5 Å². The van der Waals surface area contributed by atoms with Crippen LogP contribution in [0.2, 0.25) is 5.02 Å². The summed E-state index contributed by atoms with van der Waals surface area (Å²) in [6.45, 7) is 0. The molecule has 9 nitrogen and oxygen atoms in total. The standard InChI is InChI=1S/C17H12ClN5O4/c18-12-8-6-11(7-9-12)16(24)22-21-15-14(23(25)26)17(20-10-19-15)27-13-4-2-1-3-5-13/h1-10H,(H,22,24)(H,19,20,21). The molecule has 1 amide bonds. The predicted molar refractivity (Wildman–Crippen MR) is 97.7 cm³/mol. The Morgan fingerprint density at radius 3 is 2.44 bits per heavy atom. The van der Waals surface area contributed by atoms with Crippen LogP contribution in [0.25, 0.3) is 0 Å². The monoisotopic (exact) mass is 385 g/mol. The molecule has 2 N–H and O–H groups in total. The van der Waals surface area contributed by atoms with Gasteiger partial charge in [0.25, 0.3) is 5.91 Å². The smallest absolute Gasteiger partial charge is 0.374 e. The third-order valence-electron chi connectivity index (χ3n) is 3.33. The highest BCUT2D eigenvalue weighted by Gasteiger charge is 2.25. The molecule has 136 valence electrons. The van der Waals surface area contributed by atoms with E-state index >= 15 is 0 Å². The maximum Gasteiger partial charge on any atom is 0.374 e. The van der Waals surface area contributed by atoms with Crippen molar-refractivity contribution in [1.29, 1.82) is 0 Å². The summed E-state index contributed by atoms with van der Waals surface area (Å²) in [6, 6.07) is 14.6. The third-order valence-corrected chi connectivity index (χ3v) is 3.58. The summed E-state index contributed by atoms with van der Waals surface area (Å²) in [7, 11) is 0. The first-order chi connectivity index (χ1) is 13.0. The summed E-state index contributed by atoms with van der Waals surface area (Å²) in [6.07, 6.45) is 1.09. The highest BCUT2D eigenvalue weighted by molar-refractivity contribution is 6.30. The fourth-order valence-electron chi connectivity index (χ4n) is 2.08. The average Bonchev–Trinajstić information content (AvgIpc) is 2.67. The zero-order valence-corrected chi connectivity index (χ0v) is 14.4. The normalized spacial score (nSPS) is 10.1. The van der Waals surface area contributed by atoms with Gasteiger partial charge in [0.05, 0.1) is 4.92 Å². The van der Waals surface area contributed by atoms with Gasteiger partial charge < -0.3 is 4.74 Å². The van der Waals surface area contributed by atoms with Crippen LogP contribution in [0.3, 0.4) is 0 Å². The molecule has 0 fully saturated rings. The molecule has 2 aromatic carbocycles. The Bertz CT molecular complexity index is 967. The number of hydrogen-bond donors (Lipinski definition) is 2. The minimum absolute atomic E-state index is 0.219. The van der Waals surface area contributed by atoms with E-state index in [1.54, 1.807) is 42.5 Å². The number of anilines is 1. The molecule has 3 aromatic rings. The molecule has 10 heteroatoms. The number of hydrazine groups is 1. The van der Waals surface area contributed by atoms with E-state index in [9.17, 15) is 14.9 Å². The van der Waals surface area contributed by atoms with Gasteiger partial charge in [-0.3, -0.25) is 25.8 Å². The molecule has 3 rings (SSSR count). The zero-order chi connectivity index (χ0) is 19.2. The second-order valence-corrected chi connectivity index (χ2v) is 5.57. The number of hydrogen-bond acceptors (Lipinski definition) is 7. The molecule has 0 spiro atoms. The van der Waals surface area contributed by atoms with Crippen LogP contribution >= 0.6 is 11.6 Å². The highest BCUT2D eigenvalue weighted by atomic mass is 35.5. The molecule has 0 atom stereocenters. The summed E-state index contributed by atoms with van der Waals surface area (Å²) in [5.41, 5.74) is 4.56. The number of para-hydroxylation sites is 1. The van der Waals surface area contributed by atoms with Gasteiger partial charge in [-0.15, -0.1) is 0 Å². The number of ether oxygens (including phenoxy) is 1. The van der Waals surface area contributed by atoms with Crippen LogP contribution in [0, 0.1) is 10.1 Å². The number of amides is 1. The summed E-state index contributed by atoms with van der Waals surface area (Å²) in [5.74, 6) is -0.631. The summed E-state index contributed by atoms with van der Waals surface area (Å²) < 4.78 is 5.46. The number of nitro groups is 1. The zero-order valence-electron chi connectivity index (χ0n) is 13.6. The Kier molecular flexibility index (Phi) is 5.43. The minimum atomic E-state index is -0.699. The molecule has 27 heavy (non-hydrogen) atoms. The van der Waals surface area contributed by atoms with Crippen LogP contribution in [-0.2, 0) is 0 Å². The molecule has 0 radical (unpaired) electrons. The molecule has 0 bridgehead atoms. The molecule has 1 aromatic heterocycles. The van der Waals surface area contributed by atoms with Crippen molar-refractivity contribution in [2.75, 3.05) is 5.43 Å². The fourth-order valence-corrected chi connectivity index (χ4v) is 2.21. The number of nitrogens with zero attached hydrogens (tertiary/aromatic N) is 3. The lowest BCUT2D eigenvalue weighted by atomic mass is 10.2. The lowest BCUT2D eigenvalue weighted by molar-refractivity contribution is -0.385. The Morgan fingerprint density at radius 1 is 1.07 bits per heavy atom. The van der Waals surface area contributed by atoms with E-state index in [0.29, 0.717) is 16.3 Å². The molecule has 0 aliphatic heterocycles. The van der Waals surface area contributed by atoms with Crippen molar-refractivity contribution in [3.05, 3.63) is 81.6 Å². The predicted octanol–water partition coefficient (Wildman–Crippen LogP) is 3.59. The lowest BCUT2D eigenvalue weighted by Gasteiger charge is -2.10. The van der Waals surface area contributed by atoms with Crippen LogP contribution in [-0.4, -0.2) is 20.8 Å². The van der Waals surface area contributed by atoms with E-state index in [1.165, 1.54) is 12.1 Å². The Morgan fingerprint density at radius 2 is 1.78 bits per heavy atom. The van der Waals surface area contributed by atoms with Gasteiger partial charge >= 0.3 is 11.6 Å². The second-order valence-electron chi connectivity index (χ2n) is 5.13. The van der Waals surface area contributed by atoms with E-state index in [0.717, 1.165) is 6.33 Å². The van der Waals surface area contributed by atoms with Gasteiger partial charge in [-0.25, -0.2) is 4.98 Å². The largest absolute Gasteiger partial charge is 0.434 e. The van der Waals surface area contributed by atoms with Gasteiger partial charge in [-0.1, -0.05) is 29.8 Å². The maximum absolute atomic E-state index is 12.1. The van der Waals surface area contributed by atoms with Crippen LogP contribution in [0.1, 0.15) is 10.4 Å². The van der Waals surface area contributed by atoms with E-state index in [2.05, 4.69) is 20.8 Å². The molecule has 1 heterocycles. The Hall–Kier alpha value is -3.72. The highest BCUT2D eigenvalue weighted by Crippen LogP contribution is 2.33. The first kappa shape index (κ1) is 18.1. The number of rotatable bonds is 6. The summed E-state index contributed by atoms with van der Waals surface area (Å²) >= 11 is 5.78. The number of aromatic nitrogens is 2. The van der Waals surface area contributed by atoms with Crippen molar-refractivity contribution >= 4 is 29.0 Å². The van der Waals surface area contributed by atoms with Gasteiger partial charge in [-0.2, -0.15) is 4.98 Å². The summed E-state index contributed by atoms with van der Waals surface area (Å²) in [4.78, 5) is 30.5. The van der Waals surface area contributed by atoms with Gasteiger partial charge in [0.2, 0.25) is 5.82 Å². The molecular formula is C17H12ClN5O4. The molecular weight excluding hydrogens is 374 g/mol. The second kappa shape index (κ2) is 8.11. The van der Waals surface area contributed by atoms with Crippen LogP contribution in [0.15, 0.2) is 60.9 Å². The first-order valence-electron chi connectivity index (χ1n) is 7.59. The van der Waals surface area contributed by atoms with Gasteiger partial charge in [0.1, 0.15) is 12.1 Å². The molecule has 0 saturated carbocycles. The van der Waals surface area contributed by atoms with Crippen molar-refractivity contribution in [2.24, 2.45) is 0 Å². The van der Waals surface area contributed by atoms with Gasteiger partial charge in [0, 0.05) is 10.6 Å². The Balaban J connectivity index is 1.80. The van der Waals surface area contributed by atoms with E-state index in [4.69, 9.17) is 16.3 Å². The first-order valence-corrected chi connectivity index (χ1v) is 7.96.